The van der Waals surface area contributed by atoms with E-state index in [-0.39, 0.29) is 6.61 Å². The molecule has 0 aliphatic heterocycles. The summed E-state index contributed by atoms with van der Waals surface area (Å²) >= 11 is 0. The van der Waals surface area contributed by atoms with E-state index in [2.05, 4.69) is 10.1 Å². The van der Waals surface area contributed by atoms with Crippen LogP contribution in [-0.2, 0) is 14.3 Å². The van der Waals surface area contributed by atoms with E-state index in [1.807, 2.05) is 6.92 Å². The van der Waals surface area contributed by atoms with Gasteiger partial charge < -0.3 is 0 Å². The van der Waals surface area contributed by atoms with Gasteiger partial charge in [0.2, 0.25) is 0 Å². The molecule has 0 aromatic heterocycles. The van der Waals surface area contributed by atoms with Crippen LogP contribution in [0.25, 0.3) is 0 Å². The molecule has 0 atom stereocenters. The van der Waals surface area contributed by atoms with Gasteiger partial charge in [-0.05, 0) is 6.42 Å². The van der Waals surface area contributed by atoms with Gasteiger partial charge in [0.25, 0.3) is 10.1 Å². The monoisotopic (exact) mass is 202 g/mol. The van der Waals surface area contributed by atoms with Crippen molar-refractivity contribution >= 4 is 10.1 Å². The van der Waals surface area contributed by atoms with Gasteiger partial charge in [-0.1, -0.05) is 31.8 Å². The third kappa shape index (κ3) is 7.57. The van der Waals surface area contributed by atoms with E-state index in [1.54, 1.807) is 6.08 Å². The van der Waals surface area contributed by atoms with Crippen LogP contribution < -0.4 is 0 Å². The molecule has 0 spiro atoms. The zero-order chi connectivity index (χ0) is 10.2. The fraction of sp³-hybridized carbons (Fsp3) is 0.556. The van der Waals surface area contributed by atoms with Crippen molar-refractivity contribution in [2.24, 2.45) is 0 Å². The van der Waals surface area contributed by atoms with Gasteiger partial charge in [-0.3, -0.25) is 4.18 Å². The average molecular weight is 202 g/mol. The highest BCUT2D eigenvalue weighted by Gasteiger charge is 2.02. The highest BCUT2D eigenvalue weighted by molar-refractivity contribution is 7.89. The molecule has 0 aromatic rings. The van der Waals surface area contributed by atoms with Crippen molar-refractivity contribution in [2.45, 2.75) is 26.2 Å². The zero-order valence-electron chi connectivity index (χ0n) is 7.69. The molecule has 13 heavy (non-hydrogen) atoms. The molecule has 0 aliphatic rings. The van der Waals surface area contributed by atoms with E-state index < -0.39 is 10.1 Å². The maximum absolute atomic E-state index is 10.9. The van der Waals surface area contributed by atoms with Crippen molar-refractivity contribution in [2.75, 3.05) is 6.61 Å². The normalized spacial score (nSPS) is 11.7. The Kier molecular flexibility index (Phi) is 6.29. The second kappa shape index (κ2) is 6.70. The molecule has 0 saturated carbocycles. The number of hydrogen-bond donors (Lipinski definition) is 0. The number of allylic oxidation sites excluding steroid dienone is 1. The Morgan fingerprint density at radius 3 is 2.77 bits per heavy atom. The molecule has 0 bridgehead atoms. The van der Waals surface area contributed by atoms with Crippen LogP contribution in [0.4, 0.5) is 0 Å². The molecular weight excluding hydrogens is 188 g/mol. The lowest BCUT2D eigenvalue weighted by Gasteiger charge is -1.95. The molecule has 74 valence electrons. The van der Waals surface area contributed by atoms with Crippen LogP contribution in [0.15, 0.2) is 11.5 Å². The summed E-state index contributed by atoms with van der Waals surface area (Å²) in [5, 5.41) is 1.06. The Hall–Kier alpha value is -0.790. The Morgan fingerprint density at radius 1 is 1.54 bits per heavy atom. The van der Waals surface area contributed by atoms with Crippen molar-refractivity contribution < 1.29 is 12.6 Å². The summed E-state index contributed by atoms with van der Waals surface area (Å²) in [5.41, 5.74) is 0. The van der Waals surface area contributed by atoms with Crippen molar-refractivity contribution in [3.05, 3.63) is 11.5 Å². The molecule has 0 aliphatic carbocycles. The lowest BCUT2D eigenvalue weighted by atomic mass is 10.2. The minimum Gasteiger partial charge on any atom is -0.254 e. The van der Waals surface area contributed by atoms with Gasteiger partial charge in [0.1, 0.15) is 6.61 Å². The van der Waals surface area contributed by atoms with Crippen LogP contribution in [0.2, 0.25) is 0 Å². The summed E-state index contributed by atoms with van der Waals surface area (Å²) in [7, 11) is -3.55. The first-order chi connectivity index (χ1) is 6.12. The van der Waals surface area contributed by atoms with Gasteiger partial charge >= 0.3 is 0 Å². The molecular formula is C9H14O3S. The van der Waals surface area contributed by atoms with Crippen molar-refractivity contribution in [1.82, 2.24) is 0 Å². The lowest BCUT2D eigenvalue weighted by molar-refractivity contribution is 0.370. The summed E-state index contributed by atoms with van der Waals surface area (Å²) in [6.07, 6.45) is 9.18. The SMILES string of the molecule is C#CCOS(=O)(=O)/C=C/CCCC. The predicted molar refractivity (Wildman–Crippen MR) is 52.4 cm³/mol. The maximum Gasteiger partial charge on any atom is 0.290 e. The second-order valence-corrected chi connectivity index (χ2v) is 3.97. The summed E-state index contributed by atoms with van der Waals surface area (Å²) in [5.74, 6) is 2.09. The summed E-state index contributed by atoms with van der Waals surface area (Å²) < 4.78 is 26.3. The number of unbranched alkanes of at least 4 members (excludes halogenated alkanes) is 2. The van der Waals surface area contributed by atoms with E-state index in [4.69, 9.17) is 6.42 Å². The molecule has 0 heterocycles. The standard InChI is InChI=1S/C9H14O3S/c1-3-5-6-7-9-13(10,11)12-8-4-2/h2,7,9H,3,5-6,8H2,1H3/b9-7+. The van der Waals surface area contributed by atoms with Crippen LogP contribution in [0.5, 0.6) is 0 Å². The molecule has 0 radical (unpaired) electrons. The zero-order valence-corrected chi connectivity index (χ0v) is 8.51. The molecule has 0 saturated heterocycles. The van der Waals surface area contributed by atoms with Crippen molar-refractivity contribution in [3.63, 3.8) is 0 Å². The van der Waals surface area contributed by atoms with E-state index in [1.165, 1.54) is 0 Å². The average Bonchev–Trinajstić information content (AvgIpc) is 2.09. The van der Waals surface area contributed by atoms with Crippen molar-refractivity contribution in [3.8, 4) is 12.3 Å². The van der Waals surface area contributed by atoms with Crippen LogP contribution in [0.3, 0.4) is 0 Å². The fourth-order valence-electron chi connectivity index (χ4n) is 0.663. The molecule has 0 N–H and O–H groups in total. The summed E-state index contributed by atoms with van der Waals surface area (Å²) in [6, 6.07) is 0. The molecule has 3 nitrogen and oxygen atoms in total. The first-order valence-electron chi connectivity index (χ1n) is 4.12. The van der Waals surface area contributed by atoms with Gasteiger partial charge in [-0.15, -0.1) is 6.42 Å². The van der Waals surface area contributed by atoms with E-state index in [0.717, 1.165) is 24.7 Å². The smallest absolute Gasteiger partial charge is 0.254 e. The van der Waals surface area contributed by atoms with E-state index in [9.17, 15) is 8.42 Å². The van der Waals surface area contributed by atoms with E-state index in [0.29, 0.717) is 0 Å². The summed E-state index contributed by atoms with van der Waals surface area (Å²) in [6.45, 7) is 1.83. The van der Waals surface area contributed by atoms with E-state index >= 15 is 0 Å². The maximum atomic E-state index is 10.9. The number of rotatable bonds is 6. The Morgan fingerprint density at radius 2 is 2.23 bits per heavy atom. The molecule has 0 unspecified atom stereocenters. The van der Waals surface area contributed by atoms with Crippen LogP contribution in [-0.4, -0.2) is 15.0 Å². The summed E-state index contributed by atoms with van der Waals surface area (Å²) in [4.78, 5) is 0. The first kappa shape index (κ1) is 12.2. The first-order valence-corrected chi connectivity index (χ1v) is 5.59. The van der Waals surface area contributed by atoms with Gasteiger partial charge in [0.05, 0.1) is 5.41 Å². The Bertz CT molecular complexity index is 282. The second-order valence-electron chi connectivity index (χ2n) is 2.47. The van der Waals surface area contributed by atoms with Crippen molar-refractivity contribution in [1.29, 1.82) is 0 Å². The third-order valence-electron chi connectivity index (χ3n) is 1.29. The quantitative estimate of drug-likeness (QED) is 0.374. The Labute approximate surface area is 79.9 Å². The van der Waals surface area contributed by atoms with Crippen LogP contribution in [0, 0.1) is 12.3 Å². The molecule has 4 heteroatoms. The van der Waals surface area contributed by atoms with Gasteiger partial charge in [0.15, 0.2) is 0 Å². The highest BCUT2D eigenvalue weighted by Crippen LogP contribution is 1.99. The Balaban J connectivity index is 3.89. The largest absolute Gasteiger partial charge is 0.290 e. The number of hydrogen-bond acceptors (Lipinski definition) is 3. The molecule has 0 rings (SSSR count). The van der Waals surface area contributed by atoms with Crippen LogP contribution >= 0.6 is 0 Å². The lowest BCUT2D eigenvalue weighted by Crippen LogP contribution is -2.01. The molecule has 0 amide bonds. The van der Waals surface area contributed by atoms with Gasteiger partial charge in [0, 0.05) is 0 Å². The van der Waals surface area contributed by atoms with Gasteiger partial charge in [-0.25, -0.2) is 0 Å². The minimum absolute atomic E-state index is 0.208. The minimum atomic E-state index is -3.55. The van der Waals surface area contributed by atoms with Crippen LogP contribution in [0.1, 0.15) is 26.2 Å². The number of terminal acetylenes is 1. The molecule has 0 aromatic carbocycles. The highest BCUT2D eigenvalue weighted by atomic mass is 32.2. The third-order valence-corrected chi connectivity index (χ3v) is 2.27. The topological polar surface area (TPSA) is 43.4 Å². The molecule has 0 fully saturated rings. The predicted octanol–water partition coefficient (Wildman–Crippen LogP) is 1.67. The fourth-order valence-corrected chi connectivity index (χ4v) is 1.35. The van der Waals surface area contributed by atoms with Gasteiger partial charge in [-0.2, -0.15) is 8.42 Å².